The molecule has 0 saturated carbocycles. The molecule has 5 nitrogen and oxygen atoms in total. The summed E-state index contributed by atoms with van der Waals surface area (Å²) in [6, 6.07) is -1.06. The minimum Gasteiger partial charge on any atom is -0.481 e. The van der Waals surface area contributed by atoms with Gasteiger partial charge >= 0.3 is 11.9 Å². The molecule has 0 radical (unpaired) electrons. The highest BCUT2D eigenvalue weighted by Crippen LogP contribution is 2.07. The molecule has 0 aromatic heterocycles. The van der Waals surface area contributed by atoms with Gasteiger partial charge in [0.05, 0.1) is 0 Å². The van der Waals surface area contributed by atoms with Crippen LogP contribution in [0.25, 0.3) is 0 Å². The summed E-state index contributed by atoms with van der Waals surface area (Å²) >= 11 is 5.53. The third-order valence-corrected chi connectivity index (χ3v) is 0.986. The second kappa shape index (κ2) is 7.48. The SMILES string of the molecule is CC(C)(C)Cl.NC(CCC(=O)O)C(=O)O. The Labute approximate surface area is 94.2 Å². The highest BCUT2D eigenvalue weighted by molar-refractivity contribution is 6.23. The molecule has 15 heavy (non-hydrogen) atoms. The third-order valence-electron chi connectivity index (χ3n) is 0.986. The topological polar surface area (TPSA) is 101 Å². The number of rotatable bonds is 4. The lowest BCUT2D eigenvalue weighted by molar-refractivity contribution is -0.139. The van der Waals surface area contributed by atoms with Crippen molar-refractivity contribution in [3.05, 3.63) is 0 Å². The Balaban J connectivity index is 0. The Morgan fingerprint density at radius 2 is 1.67 bits per heavy atom. The van der Waals surface area contributed by atoms with Gasteiger partial charge < -0.3 is 15.9 Å². The van der Waals surface area contributed by atoms with Gasteiger partial charge in [-0.15, -0.1) is 11.6 Å². The van der Waals surface area contributed by atoms with Gasteiger partial charge in [-0.05, 0) is 27.2 Å². The summed E-state index contributed by atoms with van der Waals surface area (Å²) in [6.07, 6.45) is -0.224. The lowest BCUT2D eigenvalue weighted by Crippen LogP contribution is -2.30. The van der Waals surface area contributed by atoms with Crippen LogP contribution in [0.1, 0.15) is 33.6 Å². The average Bonchev–Trinajstić information content (AvgIpc) is 1.96. The molecule has 6 heteroatoms. The molecular weight excluding hydrogens is 222 g/mol. The van der Waals surface area contributed by atoms with Crippen molar-refractivity contribution in [2.24, 2.45) is 5.73 Å². The van der Waals surface area contributed by atoms with E-state index in [9.17, 15) is 9.59 Å². The predicted molar refractivity (Wildman–Crippen MR) is 58.1 cm³/mol. The van der Waals surface area contributed by atoms with Crippen molar-refractivity contribution in [2.75, 3.05) is 0 Å². The fourth-order valence-corrected chi connectivity index (χ4v) is 0.402. The molecule has 0 aromatic rings. The molecule has 90 valence electrons. The molecule has 0 aromatic carbocycles. The highest BCUT2D eigenvalue weighted by Gasteiger charge is 2.12. The number of carboxylic acids is 2. The maximum atomic E-state index is 9.99. The molecule has 4 N–H and O–H groups in total. The number of carbonyl (C=O) groups is 2. The number of halogens is 1. The molecule has 0 heterocycles. The van der Waals surface area contributed by atoms with Crippen LogP contribution < -0.4 is 5.73 Å². The van der Waals surface area contributed by atoms with Gasteiger partial charge in [-0.1, -0.05) is 0 Å². The summed E-state index contributed by atoms with van der Waals surface area (Å²) in [7, 11) is 0. The summed E-state index contributed by atoms with van der Waals surface area (Å²) in [5, 5.41) is 16.3. The third kappa shape index (κ3) is 24.6. The average molecular weight is 240 g/mol. The zero-order valence-electron chi connectivity index (χ0n) is 9.16. The summed E-state index contributed by atoms with van der Waals surface area (Å²) < 4.78 is 0. The van der Waals surface area contributed by atoms with E-state index in [-0.39, 0.29) is 17.7 Å². The van der Waals surface area contributed by atoms with E-state index in [0.717, 1.165) is 0 Å². The van der Waals surface area contributed by atoms with Crippen LogP contribution in [0.2, 0.25) is 0 Å². The van der Waals surface area contributed by atoms with Gasteiger partial charge in [0.2, 0.25) is 0 Å². The van der Waals surface area contributed by atoms with Crippen molar-refractivity contribution in [3.63, 3.8) is 0 Å². The number of nitrogens with two attached hydrogens (primary N) is 1. The van der Waals surface area contributed by atoms with Crippen LogP contribution >= 0.6 is 11.6 Å². The fourth-order valence-electron chi connectivity index (χ4n) is 0.402. The lowest BCUT2D eigenvalue weighted by atomic mass is 10.2. The number of carboxylic acid groups (broad SMARTS) is 2. The van der Waals surface area contributed by atoms with Gasteiger partial charge in [0.25, 0.3) is 0 Å². The number of hydrogen-bond acceptors (Lipinski definition) is 3. The maximum Gasteiger partial charge on any atom is 0.320 e. The smallest absolute Gasteiger partial charge is 0.320 e. The molecule has 0 spiro atoms. The van der Waals surface area contributed by atoms with Crippen LogP contribution in [0.5, 0.6) is 0 Å². The molecular formula is C9H18ClNO4. The van der Waals surface area contributed by atoms with Crippen LogP contribution in [0.3, 0.4) is 0 Å². The van der Waals surface area contributed by atoms with Gasteiger partial charge in [0, 0.05) is 11.3 Å². The van der Waals surface area contributed by atoms with Crippen LogP contribution in [0.4, 0.5) is 0 Å². The van der Waals surface area contributed by atoms with Crippen LogP contribution in [-0.2, 0) is 9.59 Å². The normalized spacial score (nSPS) is 12.3. The molecule has 0 aliphatic rings. The van der Waals surface area contributed by atoms with E-state index in [1.807, 2.05) is 20.8 Å². The van der Waals surface area contributed by atoms with Crippen LogP contribution in [0.15, 0.2) is 0 Å². The molecule has 0 aliphatic heterocycles. The molecule has 0 bridgehead atoms. The second-order valence-corrected chi connectivity index (χ2v) is 5.08. The Hall–Kier alpha value is -0.810. The highest BCUT2D eigenvalue weighted by atomic mass is 35.5. The van der Waals surface area contributed by atoms with Crippen molar-refractivity contribution in [1.82, 2.24) is 0 Å². The first-order valence-corrected chi connectivity index (χ1v) is 4.81. The van der Waals surface area contributed by atoms with Crippen molar-refractivity contribution in [3.8, 4) is 0 Å². The summed E-state index contributed by atoms with van der Waals surface area (Å²) in [5.74, 6) is -2.20. The largest absolute Gasteiger partial charge is 0.481 e. The summed E-state index contributed by atoms with van der Waals surface area (Å²) in [6.45, 7) is 5.86. The standard InChI is InChI=1S/C5H9NO4.C4H9Cl/c6-3(5(9)10)1-2-4(7)8;1-4(2,3)5/h3H,1-2,6H2,(H,7,8)(H,9,10);1-3H3. The molecule has 1 atom stereocenters. The first-order valence-electron chi connectivity index (χ1n) is 4.43. The van der Waals surface area contributed by atoms with Crippen LogP contribution in [0, 0.1) is 0 Å². The van der Waals surface area contributed by atoms with Gasteiger partial charge in [-0.3, -0.25) is 9.59 Å². The van der Waals surface area contributed by atoms with Crippen molar-refractivity contribution in [2.45, 2.75) is 44.5 Å². The monoisotopic (exact) mass is 239 g/mol. The number of alkyl halides is 1. The quantitative estimate of drug-likeness (QED) is 0.642. The van der Waals surface area contributed by atoms with Gasteiger partial charge in [0.1, 0.15) is 6.04 Å². The van der Waals surface area contributed by atoms with E-state index in [0.29, 0.717) is 0 Å². The lowest BCUT2D eigenvalue weighted by Gasteiger charge is -2.01. The van der Waals surface area contributed by atoms with E-state index >= 15 is 0 Å². The van der Waals surface area contributed by atoms with E-state index in [1.54, 1.807) is 0 Å². The zero-order chi connectivity index (χ0) is 12.6. The molecule has 0 fully saturated rings. The van der Waals surface area contributed by atoms with Gasteiger partial charge in [0.15, 0.2) is 0 Å². The molecule has 1 unspecified atom stereocenters. The fraction of sp³-hybridized carbons (Fsp3) is 0.778. The Kier molecular flexibility index (Phi) is 8.28. The maximum absolute atomic E-state index is 9.99. The molecule has 0 saturated heterocycles. The van der Waals surface area contributed by atoms with Crippen molar-refractivity contribution < 1.29 is 19.8 Å². The van der Waals surface area contributed by atoms with Crippen molar-refractivity contribution in [1.29, 1.82) is 0 Å². The van der Waals surface area contributed by atoms with E-state index in [2.05, 4.69) is 0 Å². The van der Waals surface area contributed by atoms with Crippen molar-refractivity contribution >= 4 is 23.5 Å². The second-order valence-electron chi connectivity index (χ2n) is 3.94. The Morgan fingerprint density at radius 3 is 1.87 bits per heavy atom. The summed E-state index contributed by atoms with van der Waals surface area (Å²) in [4.78, 5) is 19.8. The first kappa shape index (κ1) is 16.6. The van der Waals surface area contributed by atoms with Crippen LogP contribution in [-0.4, -0.2) is 33.1 Å². The Bertz CT molecular complexity index is 207. The van der Waals surface area contributed by atoms with E-state index in [4.69, 9.17) is 27.5 Å². The van der Waals surface area contributed by atoms with E-state index in [1.165, 1.54) is 0 Å². The molecule has 0 aliphatic carbocycles. The summed E-state index contributed by atoms with van der Waals surface area (Å²) in [5.41, 5.74) is 5.00. The molecule has 0 amide bonds. The van der Waals surface area contributed by atoms with Gasteiger partial charge in [-0.2, -0.15) is 0 Å². The molecule has 0 rings (SSSR count). The van der Waals surface area contributed by atoms with Gasteiger partial charge in [-0.25, -0.2) is 0 Å². The van der Waals surface area contributed by atoms with E-state index < -0.39 is 18.0 Å². The minimum absolute atomic E-state index is 0.0231. The Morgan fingerprint density at radius 1 is 1.33 bits per heavy atom. The first-order chi connectivity index (χ1) is 6.54. The number of aliphatic carboxylic acids is 2. The number of hydrogen-bond donors (Lipinski definition) is 3. The minimum atomic E-state index is -1.17. The predicted octanol–water partition coefficient (Wildman–Crippen LogP) is 1.29. The zero-order valence-corrected chi connectivity index (χ0v) is 9.91.